The van der Waals surface area contributed by atoms with Gasteiger partial charge in [-0.05, 0) is 30.0 Å². The number of hydrogen-bond donors (Lipinski definition) is 0. The Labute approximate surface area is 178 Å². The van der Waals surface area contributed by atoms with Gasteiger partial charge in [0.15, 0.2) is 11.3 Å². The summed E-state index contributed by atoms with van der Waals surface area (Å²) in [5.74, 6) is 0.947. The fraction of sp³-hybridized carbons (Fsp3) is 0.273. The summed E-state index contributed by atoms with van der Waals surface area (Å²) in [6.45, 7) is 8.54. The third-order valence-electron chi connectivity index (χ3n) is 5.14. The smallest absolute Gasteiger partial charge is 0.240 e. The summed E-state index contributed by atoms with van der Waals surface area (Å²) in [4.78, 5) is 0. The molecular formula is C22H21N7O2. The van der Waals surface area contributed by atoms with E-state index < -0.39 is 0 Å². The van der Waals surface area contributed by atoms with Crippen LogP contribution in [0.1, 0.15) is 37.6 Å². The Morgan fingerprint density at radius 3 is 2.58 bits per heavy atom. The van der Waals surface area contributed by atoms with Gasteiger partial charge in [0.25, 0.3) is 0 Å². The highest BCUT2D eigenvalue weighted by atomic mass is 16.5. The zero-order chi connectivity index (χ0) is 21.6. The van der Waals surface area contributed by atoms with Crippen molar-refractivity contribution in [2.24, 2.45) is 0 Å². The van der Waals surface area contributed by atoms with Crippen LogP contribution in [0.4, 0.5) is 0 Å². The minimum Gasteiger partial charge on any atom is -0.470 e. The molecule has 0 bridgehead atoms. The third-order valence-corrected chi connectivity index (χ3v) is 5.14. The zero-order valence-corrected chi connectivity index (χ0v) is 17.7. The molecule has 1 aromatic carbocycles. The van der Waals surface area contributed by atoms with Crippen LogP contribution in [0.25, 0.3) is 27.9 Å². The van der Waals surface area contributed by atoms with Crippen LogP contribution in [-0.2, 0) is 12.0 Å². The van der Waals surface area contributed by atoms with Gasteiger partial charge >= 0.3 is 0 Å². The summed E-state index contributed by atoms with van der Waals surface area (Å²) in [6, 6.07) is 9.79. The van der Waals surface area contributed by atoms with Crippen molar-refractivity contribution in [3.63, 3.8) is 0 Å². The second kappa shape index (κ2) is 7.12. The fourth-order valence-electron chi connectivity index (χ4n) is 3.60. The first kappa shape index (κ1) is 19.1. The maximum atomic E-state index is 6.19. The van der Waals surface area contributed by atoms with Crippen LogP contribution in [0.2, 0.25) is 0 Å². The molecule has 0 aliphatic carbocycles. The van der Waals surface area contributed by atoms with E-state index in [-0.39, 0.29) is 12.0 Å². The molecule has 5 aromatic rings. The Bertz CT molecular complexity index is 1400. The normalized spacial score (nSPS) is 12.0. The van der Waals surface area contributed by atoms with Crippen LogP contribution < -0.4 is 4.74 Å². The lowest BCUT2D eigenvalue weighted by molar-refractivity contribution is 0.284. The standard InChI is InChI=1S/C22H21N7O2/c1-13-11-31-28-18(13)20-26-25-19-14-7-5-6-8-15(14)21(27-29(19)20)30-12-17-16(22(2,3)4)9-10-23-24-17/h5-11H,12H2,1-4H3. The highest BCUT2D eigenvalue weighted by Crippen LogP contribution is 2.30. The quantitative estimate of drug-likeness (QED) is 0.435. The minimum absolute atomic E-state index is 0.0833. The number of hydrogen-bond acceptors (Lipinski definition) is 8. The van der Waals surface area contributed by atoms with E-state index >= 15 is 0 Å². The van der Waals surface area contributed by atoms with Crippen LogP contribution in [0.15, 0.2) is 47.3 Å². The largest absolute Gasteiger partial charge is 0.470 e. The SMILES string of the molecule is Cc1conc1-c1nnc2c3ccccc3c(OCc3nnccc3C(C)(C)C)nn12. The molecule has 9 heteroatoms. The Balaban J connectivity index is 1.63. The second-order valence-electron chi connectivity index (χ2n) is 8.39. The van der Waals surface area contributed by atoms with Crippen molar-refractivity contribution in [1.82, 2.24) is 35.2 Å². The van der Waals surface area contributed by atoms with Crippen molar-refractivity contribution >= 4 is 16.4 Å². The monoisotopic (exact) mass is 415 g/mol. The van der Waals surface area contributed by atoms with Crippen LogP contribution in [0.3, 0.4) is 0 Å². The minimum atomic E-state index is -0.0833. The molecule has 156 valence electrons. The lowest BCUT2D eigenvalue weighted by Crippen LogP contribution is -2.17. The number of ether oxygens (including phenoxy) is 1. The molecule has 0 aliphatic rings. The maximum absolute atomic E-state index is 6.19. The molecule has 0 amide bonds. The first-order chi connectivity index (χ1) is 14.9. The van der Waals surface area contributed by atoms with E-state index in [1.807, 2.05) is 37.3 Å². The van der Waals surface area contributed by atoms with Gasteiger partial charge in [-0.3, -0.25) is 0 Å². The van der Waals surface area contributed by atoms with Crippen molar-refractivity contribution in [2.45, 2.75) is 39.7 Å². The number of fused-ring (bicyclic) bond motifs is 3. The van der Waals surface area contributed by atoms with Crippen molar-refractivity contribution in [2.75, 3.05) is 0 Å². The Hall–Kier alpha value is -3.88. The molecule has 4 aromatic heterocycles. The van der Waals surface area contributed by atoms with Crippen molar-refractivity contribution < 1.29 is 9.26 Å². The third kappa shape index (κ3) is 3.27. The summed E-state index contributed by atoms with van der Waals surface area (Å²) in [7, 11) is 0. The summed E-state index contributed by atoms with van der Waals surface area (Å²) in [5.41, 5.74) is 3.83. The van der Waals surface area contributed by atoms with Crippen LogP contribution >= 0.6 is 0 Å². The summed E-state index contributed by atoms with van der Waals surface area (Å²) >= 11 is 0. The molecule has 0 atom stereocenters. The molecule has 0 radical (unpaired) electrons. The number of nitrogens with zero attached hydrogens (tertiary/aromatic N) is 7. The Morgan fingerprint density at radius 2 is 1.84 bits per heavy atom. The zero-order valence-electron chi connectivity index (χ0n) is 17.7. The van der Waals surface area contributed by atoms with Crippen LogP contribution in [0.5, 0.6) is 5.88 Å². The summed E-state index contributed by atoms with van der Waals surface area (Å²) < 4.78 is 12.9. The summed E-state index contributed by atoms with van der Waals surface area (Å²) in [6.07, 6.45) is 3.27. The highest BCUT2D eigenvalue weighted by Gasteiger charge is 2.22. The van der Waals surface area contributed by atoms with E-state index in [0.29, 0.717) is 23.0 Å². The molecule has 9 nitrogen and oxygen atoms in total. The van der Waals surface area contributed by atoms with Gasteiger partial charge in [0.05, 0.1) is 0 Å². The Morgan fingerprint density at radius 1 is 1.03 bits per heavy atom. The number of aromatic nitrogens is 7. The van der Waals surface area contributed by atoms with Gasteiger partial charge < -0.3 is 9.26 Å². The average molecular weight is 415 g/mol. The number of benzene rings is 1. The molecule has 0 fully saturated rings. The molecule has 31 heavy (non-hydrogen) atoms. The number of rotatable bonds is 4. The molecular weight excluding hydrogens is 394 g/mol. The lowest BCUT2D eigenvalue weighted by Gasteiger charge is -2.21. The topological polar surface area (TPSA) is 104 Å². The molecule has 0 N–H and O–H groups in total. The van der Waals surface area contributed by atoms with E-state index in [9.17, 15) is 0 Å². The predicted octanol–water partition coefficient (Wildman–Crippen LogP) is 3.91. The van der Waals surface area contributed by atoms with Crippen molar-refractivity contribution in [1.29, 1.82) is 0 Å². The molecule has 0 unspecified atom stereocenters. The Kier molecular flexibility index (Phi) is 4.39. The van der Waals surface area contributed by atoms with Gasteiger partial charge in [-0.25, -0.2) is 0 Å². The molecule has 0 saturated heterocycles. The van der Waals surface area contributed by atoms with Gasteiger partial charge in [-0.2, -0.15) is 14.7 Å². The van der Waals surface area contributed by atoms with E-state index in [4.69, 9.17) is 14.4 Å². The van der Waals surface area contributed by atoms with Crippen molar-refractivity contribution in [3.05, 3.63) is 59.6 Å². The van der Waals surface area contributed by atoms with Crippen LogP contribution in [0, 0.1) is 6.92 Å². The van der Waals surface area contributed by atoms with Gasteiger partial charge in [0, 0.05) is 22.5 Å². The fourth-order valence-corrected chi connectivity index (χ4v) is 3.60. The van der Waals surface area contributed by atoms with Gasteiger partial charge in [-0.1, -0.05) is 44.1 Å². The molecule has 4 heterocycles. The first-order valence-corrected chi connectivity index (χ1v) is 9.93. The van der Waals surface area contributed by atoms with Gasteiger partial charge in [0.2, 0.25) is 11.7 Å². The molecule has 0 aliphatic heterocycles. The van der Waals surface area contributed by atoms with Gasteiger partial charge in [0.1, 0.15) is 18.6 Å². The van der Waals surface area contributed by atoms with Crippen LogP contribution in [-0.4, -0.2) is 35.2 Å². The molecule has 0 spiro atoms. The lowest BCUT2D eigenvalue weighted by atomic mass is 9.86. The van der Waals surface area contributed by atoms with E-state index in [1.165, 1.54) is 0 Å². The summed E-state index contributed by atoms with van der Waals surface area (Å²) in [5, 5.41) is 27.5. The van der Waals surface area contributed by atoms with Crippen molar-refractivity contribution in [3.8, 4) is 17.4 Å². The molecule has 0 saturated carbocycles. The van der Waals surface area contributed by atoms with Gasteiger partial charge in [-0.15, -0.1) is 15.3 Å². The molecule has 5 rings (SSSR count). The predicted molar refractivity (Wildman–Crippen MR) is 114 cm³/mol. The number of aryl methyl sites for hydroxylation is 1. The van der Waals surface area contributed by atoms with E-state index in [0.717, 1.165) is 27.6 Å². The first-order valence-electron chi connectivity index (χ1n) is 9.93. The maximum Gasteiger partial charge on any atom is 0.240 e. The van der Waals surface area contributed by atoms with E-state index in [1.54, 1.807) is 17.0 Å². The second-order valence-corrected chi connectivity index (χ2v) is 8.39. The highest BCUT2D eigenvalue weighted by molar-refractivity contribution is 5.97. The average Bonchev–Trinajstić information content (AvgIpc) is 3.37. The van der Waals surface area contributed by atoms with E-state index in [2.05, 4.69) is 46.3 Å².